The van der Waals surface area contributed by atoms with Crippen LogP contribution in [0, 0.1) is 0 Å². The fraction of sp³-hybridized carbons (Fsp3) is 0.364. The number of nitrogens with one attached hydrogen (secondary N) is 1. The highest BCUT2D eigenvalue weighted by atomic mass is 32.2. The third-order valence-corrected chi connectivity index (χ3v) is 4.90. The van der Waals surface area contributed by atoms with Crippen molar-refractivity contribution >= 4 is 25.8 Å². The molecule has 0 heterocycles. The molecule has 9 heteroatoms. The third kappa shape index (κ3) is 5.27. The van der Waals surface area contributed by atoms with Crippen LogP contribution in [0.5, 0.6) is 0 Å². The minimum Gasteiger partial charge on any atom is -0.478 e. The average molecular weight is 321 g/mol. The Bertz CT molecular complexity index is 676. The number of carboxylic acid groups (broad SMARTS) is 1. The van der Waals surface area contributed by atoms with Gasteiger partial charge in [-0.05, 0) is 30.7 Å². The van der Waals surface area contributed by atoms with Gasteiger partial charge in [0.05, 0.1) is 16.2 Å². The van der Waals surface area contributed by atoms with E-state index < -0.39 is 25.8 Å². The van der Waals surface area contributed by atoms with Crippen molar-refractivity contribution in [3.63, 3.8) is 0 Å². The first kappa shape index (κ1) is 16.6. The molecule has 0 saturated heterocycles. The molecule has 0 spiro atoms. The molecule has 0 radical (unpaired) electrons. The smallest absolute Gasteiger partial charge is 0.335 e. The van der Waals surface area contributed by atoms with Crippen molar-refractivity contribution < 1.29 is 26.7 Å². The van der Waals surface area contributed by atoms with Crippen LogP contribution in [-0.4, -0.2) is 46.5 Å². The molecule has 0 saturated carbocycles. The molecule has 0 fully saturated rings. The van der Waals surface area contributed by atoms with E-state index in [1.165, 1.54) is 24.3 Å². The molecule has 1 aromatic rings. The predicted octanol–water partition coefficient (Wildman–Crippen LogP) is 0.0978. The molecule has 0 amide bonds. The molecule has 0 aliphatic rings. The Morgan fingerprint density at radius 2 is 1.70 bits per heavy atom. The van der Waals surface area contributed by atoms with Gasteiger partial charge in [-0.1, -0.05) is 0 Å². The van der Waals surface area contributed by atoms with Gasteiger partial charge in [0, 0.05) is 12.8 Å². The second-order valence-corrected chi connectivity index (χ2v) is 8.24. The van der Waals surface area contributed by atoms with Crippen molar-refractivity contribution in [3.8, 4) is 0 Å². The number of rotatable bonds is 7. The van der Waals surface area contributed by atoms with E-state index in [0.29, 0.717) is 0 Å². The van der Waals surface area contributed by atoms with Crippen molar-refractivity contribution in [2.24, 2.45) is 0 Å². The molecule has 1 rings (SSSR count). The zero-order chi connectivity index (χ0) is 15.4. The first-order valence-electron chi connectivity index (χ1n) is 5.62. The summed E-state index contributed by atoms with van der Waals surface area (Å²) in [4.78, 5) is 10.6. The lowest BCUT2D eigenvalue weighted by molar-refractivity contribution is 0.0696. The minimum atomic E-state index is -3.76. The SMILES string of the molecule is CS(=O)(=O)CCCNS(=O)(=O)c1ccc(C(=O)O)cc1. The van der Waals surface area contributed by atoms with Crippen molar-refractivity contribution in [3.05, 3.63) is 29.8 Å². The van der Waals surface area contributed by atoms with Crippen LogP contribution in [0.2, 0.25) is 0 Å². The molecule has 0 aromatic heterocycles. The predicted molar refractivity (Wildman–Crippen MR) is 72.9 cm³/mol. The van der Waals surface area contributed by atoms with Gasteiger partial charge in [0.25, 0.3) is 0 Å². The van der Waals surface area contributed by atoms with Crippen LogP contribution in [0.4, 0.5) is 0 Å². The molecule has 2 N–H and O–H groups in total. The Kier molecular flexibility index (Phi) is 5.26. The van der Waals surface area contributed by atoms with E-state index in [9.17, 15) is 21.6 Å². The van der Waals surface area contributed by atoms with Crippen LogP contribution in [0.3, 0.4) is 0 Å². The molecule has 0 unspecified atom stereocenters. The molecular formula is C11H15NO6S2. The van der Waals surface area contributed by atoms with Gasteiger partial charge in [-0.25, -0.2) is 26.4 Å². The average Bonchev–Trinajstić information content (AvgIpc) is 2.34. The van der Waals surface area contributed by atoms with Gasteiger partial charge in [-0.3, -0.25) is 0 Å². The standard InChI is InChI=1S/C11H15NO6S2/c1-19(15,16)8-2-7-12-20(17,18)10-5-3-9(4-6-10)11(13)14/h3-6,12H,2,7-8H2,1H3,(H,13,14). The van der Waals surface area contributed by atoms with E-state index in [0.717, 1.165) is 6.26 Å². The molecule has 0 atom stereocenters. The van der Waals surface area contributed by atoms with E-state index in [1.54, 1.807) is 0 Å². The van der Waals surface area contributed by atoms with E-state index >= 15 is 0 Å². The number of hydrogen-bond acceptors (Lipinski definition) is 5. The van der Waals surface area contributed by atoms with Crippen molar-refractivity contribution in [2.75, 3.05) is 18.6 Å². The molecule has 112 valence electrons. The highest BCUT2D eigenvalue weighted by Crippen LogP contribution is 2.10. The minimum absolute atomic E-state index is 0.00388. The summed E-state index contributed by atoms with van der Waals surface area (Å²) >= 11 is 0. The third-order valence-electron chi connectivity index (χ3n) is 2.40. The van der Waals surface area contributed by atoms with Crippen LogP contribution in [0.1, 0.15) is 16.8 Å². The number of carboxylic acids is 1. The summed E-state index contributed by atoms with van der Waals surface area (Å²) in [5.74, 6) is -1.25. The Morgan fingerprint density at radius 3 is 2.15 bits per heavy atom. The monoisotopic (exact) mass is 321 g/mol. The molecule has 0 aliphatic heterocycles. The largest absolute Gasteiger partial charge is 0.478 e. The lowest BCUT2D eigenvalue weighted by Gasteiger charge is -2.06. The summed E-state index contributed by atoms with van der Waals surface area (Å²) in [6.07, 6.45) is 1.25. The Balaban J connectivity index is 2.67. The van der Waals surface area contributed by atoms with Gasteiger partial charge in [0.1, 0.15) is 9.84 Å². The normalized spacial score (nSPS) is 12.2. The van der Waals surface area contributed by atoms with Gasteiger partial charge in [-0.2, -0.15) is 0 Å². The number of sulfone groups is 1. The lowest BCUT2D eigenvalue weighted by atomic mass is 10.2. The second kappa shape index (κ2) is 6.33. The molecule has 0 aliphatic carbocycles. The fourth-order valence-corrected chi connectivity index (χ4v) is 3.14. The summed E-state index contributed by atoms with van der Waals surface area (Å²) in [6.45, 7) is -0.00388. The number of sulfonamides is 1. The summed E-state index contributed by atoms with van der Waals surface area (Å²) in [6, 6.07) is 4.74. The van der Waals surface area contributed by atoms with Gasteiger partial charge in [0.15, 0.2) is 0 Å². The first-order chi connectivity index (χ1) is 9.12. The molecule has 0 bridgehead atoms. The number of aromatic carboxylic acids is 1. The Morgan fingerprint density at radius 1 is 1.15 bits per heavy atom. The molecule has 7 nitrogen and oxygen atoms in total. The van der Waals surface area contributed by atoms with Gasteiger partial charge < -0.3 is 5.11 Å². The fourth-order valence-electron chi connectivity index (χ4n) is 1.40. The quantitative estimate of drug-likeness (QED) is 0.688. The Labute approximate surface area is 117 Å². The number of hydrogen-bond donors (Lipinski definition) is 2. The molecular weight excluding hydrogens is 306 g/mol. The van der Waals surface area contributed by atoms with Gasteiger partial charge >= 0.3 is 5.97 Å². The highest BCUT2D eigenvalue weighted by molar-refractivity contribution is 7.90. The Hall–Kier alpha value is -1.45. The zero-order valence-electron chi connectivity index (χ0n) is 10.7. The summed E-state index contributed by atoms with van der Waals surface area (Å²) in [7, 11) is -6.88. The zero-order valence-corrected chi connectivity index (χ0v) is 12.4. The van der Waals surface area contributed by atoms with Crippen LogP contribution in [0.15, 0.2) is 29.2 Å². The maximum atomic E-state index is 11.8. The van der Waals surface area contributed by atoms with E-state index in [1.807, 2.05) is 0 Å². The van der Waals surface area contributed by atoms with E-state index in [-0.39, 0.29) is 29.2 Å². The van der Waals surface area contributed by atoms with Crippen molar-refractivity contribution in [1.29, 1.82) is 0 Å². The maximum absolute atomic E-state index is 11.8. The van der Waals surface area contributed by atoms with Crippen molar-refractivity contribution in [1.82, 2.24) is 4.72 Å². The lowest BCUT2D eigenvalue weighted by Crippen LogP contribution is -2.26. The first-order valence-corrected chi connectivity index (χ1v) is 9.17. The van der Waals surface area contributed by atoms with Crippen molar-refractivity contribution in [2.45, 2.75) is 11.3 Å². The molecule has 20 heavy (non-hydrogen) atoms. The molecule has 1 aromatic carbocycles. The van der Waals surface area contributed by atoms with Crippen LogP contribution < -0.4 is 4.72 Å². The maximum Gasteiger partial charge on any atom is 0.335 e. The second-order valence-electron chi connectivity index (χ2n) is 4.21. The highest BCUT2D eigenvalue weighted by Gasteiger charge is 2.14. The summed E-state index contributed by atoms with van der Waals surface area (Å²) in [5, 5.41) is 8.71. The topological polar surface area (TPSA) is 118 Å². The summed E-state index contributed by atoms with van der Waals surface area (Å²) in [5.41, 5.74) is -0.0129. The van der Waals surface area contributed by atoms with E-state index in [2.05, 4.69) is 4.72 Å². The number of carbonyl (C=O) groups is 1. The van der Waals surface area contributed by atoms with E-state index in [4.69, 9.17) is 5.11 Å². The van der Waals surface area contributed by atoms with Crippen LogP contribution in [0.25, 0.3) is 0 Å². The van der Waals surface area contributed by atoms with Crippen LogP contribution in [-0.2, 0) is 19.9 Å². The number of benzene rings is 1. The summed E-state index contributed by atoms with van der Waals surface area (Å²) < 4.78 is 47.7. The van der Waals surface area contributed by atoms with Crippen LogP contribution >= 0.6 is 0 Å². The van der Waals surface area contributed by atoms with Gasteiger partial charge in [0.2, 0.25) is 10.0 Å². The van der Waals surface area contributed by atoms with Gasteiger partial charge in [-0.15, -0.1) is 0 Å².